The average molecular weight is 213 g/mol. The van der Waals surface area contributed by atoms with Crippen LogP contribution in [0.3, 0.4) is 0 Å². The van der Waals surface area contributed by atoms with Gasteiger partial charge in [0.2, 0.25) is 0 Å². The molecule has 0 aliphatic carbocycles. The van der Waals surface area contributed by atoms with E-state index in [-0.39, 0.29) is 5.04 Å². The second kappa shape index (κ2) is 4.62. The summed E-state index contributed by atoms with van der Waals surface area (Å²) in [7, 11) is -1.73. The Morgan fingerprint density at radius 3 is 2.29 bits per heavy atom. The van der Waals surface area contributed by atoms with Gasteiger partial charge in [0.05, 0.1) is 6.61 Å². The van der Waals surface area contributed by atoms with E-state index in [0.717, 1.165) is 0 Å². The van der Waals surface area contributed by atoms with Gasteiger partial charge in [-0.3, -0.25) is 4.79 Å². The lowest BCUT2D eigenvalue weighted by Crippen LogP contribution is -2.40. The van der Waals surface area contributed by atoms with Crippen molar-refractivity contribution in [2.45, 2.75) is 38.9 Å². The van der Waals surface area contributed by atoms with Crippen LogP contribution >= 0.6 is 0 Å². The molecule has 1 amide bonds. The lowest BCUT2D eigenvalue weighted by molar-refractivity contribution is -0.112. The van der Waals surface area contributed by atoms with Gasteiger partial charge in [0.1, 0.15) is 0 Å². The van der Waals surface area contributed by atoms with E-state index in [0.29, 0.717) is 6.61 Å². The molecule has 4 heteroatoms. The predicted molar refractivity (Wildman–Crippen MR) is 60.1 cm³/mol. The van der Waals surface area contributed by atoms with E-state index >= 15 is 0 Å². The first-order valence-corrected chi connectivity index (χ1v) is 7.50. The quantitative estimate of drug-likeness (QED) is 0.558. The average Bonchev–Trinajstić information content (AvgIpc) is 1.95. The van der Waals surface area contributed by atoms with Crippen LogP contribution < -0.4 is 5.73 Å². The number of nitrogens with two attached hydrogens (primary N) is 1. The van der Waals surface area contributed by atoms with Crippen LogP contribution in [0.1, 0.15) is 20.8 Å². The highest BCUT2D eigenvalue weighted by molar-refractivity contribution is 6.74. The highest BCUT2D eigenvalue weighted by Crippen LogP contribution is 2.36. The number of hydrogen-bond acceptors (Lipinski definition) is 2. The highest BCUT2D eigenvalue weighted by Gasteiger charge is 2.36. The van der Waals surface area contributed by atoms with E-state index in [1.54, 1.807) is 0 Å². The lowest BCUT2D eigenvalue weighted by atomic mass is 10.2. The molecule has 3 nitrogen and oxygen atoms in total. The van der Waals surface area contributed by atoms with Gasteiger partial charge in [-0.25, -0.2) is 0 Å². The predicted octanol–water partition coefficient (Wildman–Crippen LogP) is 1.50. The third-order valence-corrected chi connectivity index (χ3v) is 7.00. The zero-order chi connectivity index (χ0) is 11.4. The van der Waals surface area contributed by atoms with Crippen molar-refractivity contribution >= 4 is 14.2 Å². The lowest BCUT2D eigenvalue weighted by Gasteiger charge is -2.35. The van der Waals surface area contributed by atoms with Crippen LogP contribution in [0.25, 0.3) is 0 Å². The van der Waals surface area contributed by atoms with Gasteiger partial charge in [0.25, 0.3) is 5.91 Å². The van der Waals surface area contributed by atoms with Gasteiger partial charge in [-0.05, 0) is 24.1 Å². The van der Waals surface area contributed by atoms with Crippen molar-refractivity contribution in [2.75, 3.05) is 6.61 Å². The number of hydrogen-bond donors (Lipinski definition) is 1. The van der Waals surface area contributed by atoms with E-state index in [1.165, 1.54) is 0 Å². The van der Waals surface area contributed by atoms with Crippen LogP contribution in [0.15, 0.2) is 0 Å². The summed E-state index contributed by atoms with van der Waals surface area (Å²) in [5.41, 5.74) is 4.87. The highest BCUT2D eigenvalue weighted by atomic mass is 28.4. The van der Waals surface area contributed by atoms with E-state index in [9.17, 15) is 4.79 Å². The zero-order valence-electron chi connectivity index (χ0n) is 9.60. The van der Waals surface area contributed by atoms with Crippen molar-refractivity contribution in [3.8, 4) is 11.8 Å². The maximum atomic E-state index is 10.3. The number of carbonyl (C=O) groups excluding carboxylic acids is 1. The minimum atomic E-state index is -1.73. The molecule has 0 heterocycles. The minimum absolute atomic E-state index is 0.168. The molecule has 0 unspecified atom stereocenters. The number of amides is 1. The maximum Gasteiger partial charge on any atom is 0.293 e. The molecule has 0 saturated carbocycles. The van der Waals surface area contributed by atoms with Crippen molar-refractivity contribution in [1.82, 2.24) is 0 Å². The molecule has 2 N–H and O–H groups in total. The van der Waals surface area contributed by atoms with Crippen molar-refractivity contribution < 1.29 is 9.22 Å². The molecular weight excluding hydrogens is 194 g/mol. The number of rotatable bonds is 2. The smallest absolute Gasteiger partial charge is 0.293 e. The Balaban J connectivity index is 4.16. The summed E-state index contributed by atoms with van der Waals surface area (Å²) in [5.74, 6) is 4.25. The monoisotopic (exact) mass is 213 g/mol. The van der Waals surface area contributed by atoms with Gasteiger partial charge in [0, 0.05) is 0 Å². The Bertz CT molecular complexity index is 268. The van der Waals surface area contributed by atoms with Crippen LogP contribution in [0, 0.1) is 11.8 Å². The van der Waals surface area contributed by atoms with Crippen LogP contribution in [0.5, 0.6) is 0 Å². The Morgan fingerprint density at radius 1 is 1.43 bits per heavy atom. The van der Waals surface area contributed by atoms with E-state index in [1.807, 2.05) is 0 Å². The standard InChI is InChI=1S/C10H19NO2Si/c1-10(2,3)14(4,5)13-8-6-7-9(11)12/h8H2,1-5H3,(H2,11,12). The summed E-state index contributed by atoms with van der Waals surface area (Å²) < 4.78 is 5.70. The Morgan fingerprint density at radius 2 is 1.93 bits per heavy atom. The van der Waals surface area contributed by atoms with Crippen molar-refractivity contribution in [1.29, 1.82) is 0 Å². The fourth-order valence-electron chi connectivity index (χ4n) is 0.556. The third kappa shape index (κ3) is 4.45. The molecule has 80 valence electrons. The first-order valence-electron chi connectivity index (χ1n) is 4.59. The van der Waals surface area contributed by atoms with Gasteiger partial charge in [-0.1, -0.05) is 26.7 Å². The fourth-order valence-corrected chi connectivity index (χ4v) is 1.42. The molecule has 0 saturated heterocycles. The number of carbonyl (C=O) groups is 1. The van der Waals surface area contributed by atoms with Crippen molar-refractivity contribution in [2.24, 2.45) is 5.73 Å². The molecule has 0 rings (SSSR count). The van der Waals surface area contributed by atoms with Gasteiger partial charge in [-0.2, -0.15) is 0 Å². The van der Waals surface area contributed by atoms with Crippen LogP contribution in [0.4, 0.5) is 0 Å². The molecule has 0 bridgehead atoms. The minimum Gasteiger partial charge on any atom is -0.406 e. The normalized spacial score (nSPS) is 11.8. The van der Waals surface area contributed by atoms with E-state index in [4.69, 9.17) is 10.2 Å². The first kappa shape index (κ1) is 13.2. The molecule has 0 aromatic rings. The molecule has 0 aromatic carbocycles. The van der Waals surface area contributed by atoms with Crippen molar-refractivity contribution in [3.05, 3.63) is 0 Å². The van der Waals surface area contributed by atoms with Crippen LogP contribution in [-0.4, -0.2) is 20.8 Å². The zero-order valence-corrected chi connectivity index (χ0v) is 10.6. The number of primary amides is 1. The molecule has 0 radical (unpaired) electrons. The summed E-state index contributed by atoms with van der Waals surface area (Å²) in [6.07, 6.45) is 0. The van der Waals surface area contributed by atoms with Crippen LogP contribution in [0.2, 0.25) is 18.1 Å². The van der Waals surface area contributed by atoms with E-state index in [2.05, 4.69) is 45.7 Å². The summed E-state index contributed by atoms with van der Waals surface area (Å²) in [4.78, 5) is 10.3. The van der Waals surface area contributed by atoms with E-state index < -0.39 is 14.2 Å². The van der Waals surface area contributed by atoms with Crippen molar-refractivity contribution in [3.63, 3.8) is 0 Å². The van der Waals surface area contributed by atoms with Gasteiger partial charge in [0.15, 0.2) is 8.32 Å². The molecule has 0 spiro atoms. The second-order valence-corrected chi connectivity index (χ2v) is 9.52. The third-order valence-electron chi connectivity index (χ3n) is 2.52. The molecular formula is C10H19NO2Si. The summed E-state index contributed by atoms with van der Waals surface area (Å²) in [6, 6.07) is 0. The molecule has 0 aliphatic heterocycles. The topological polar surface area (TPSA) is 52.3 Å². The molecule has 0 aliphatic rings. The Hall–Kier alpha value is -0.793. The van der Waals surface area contributed by atoms with Gasteiger partial charge >= 0.3 is 0 Å². The summed E-state index contributed by atoms with van der Waals surface area (Å²) >= 11 is 0. The SMILES string of the molecule is CC(C)(C)[Si](C)(C)OCC#CC(N)=O. The maximum absolute atomic E-state index is 10.3. The van der Waals surface area contributed by atoms with Crippen LogP contribution in [-0.2, 0) is 9.22 Å². The molecule has 0 fully saturated rings. The summed E-state index contributed by atoms with van der Waals surface area (Å²) in [5, 5.41) is 0.168. The largest absolute Gasteiger partial charge is 0.406 e. The molecule has 0 aromatic heterocycles. The first-order chi connectivity index (χ1) is 6.17. The summed E-state index contributed by atoms with van der Waals surface area (Å²) in [6.45, 7) is 11.0. The van der Waals surface area contributed by atoms with Gasteiger partial charge < -0.3 is 10.2 Å². The second-order valence-electron chi connectivity index (χ2n) is 4.72. The fraction of sp³-hybridized carbons (Fsp3) is 0.700. The molecule has 14 heavy (non-hydrogen) atoms. The Labute approximate surface area is 87.1 Å². The van der Waals surface area contributed by atoms with Gasteiger partial charge in [-0.15, -0.1) is 0 Å². The Kier molecular flexibility index (Phi) is 4.36. The molecule has 0 atom stereocenters.